The van der Waals surface area contributed by atoms with E-state index in [4.69, 9.17) is 5.11 Å². The van der Waals surface area contributed by atoms with Gasteiger partial charge < -0.3 is 5.11 Å². The first-order valence-electron chi connectivity index (χ1n) is 3.61. The van der Waals surface area contributed by atoms with E-state index in [0.29, 0.717) is 0 Å². The summed E-state index contributed by atoms with van der Waals surface area (Å²) in [5, 5.41) is 19.2. The van der Waals surface area contributed by atoms with Gasteiger partial charge in [-0.3, -0.25) is 10.1 Å². The van der Waals surface area contributed by atoms with Gasteiger partial charge in [0.2, 0.25) is 0 Å². The Morgan fingerprint density at radius 2 is 2.23 bits per heavy atom. The van der Waals surface area contributed by atoms with Crippen LogP contribution in [0.15, 0.2) is 12.1 Å². The maximum absolute atomic E-state index is 12.9. The quantitative estimate of drug-likeness (QED) is 0.561. The van der Waals surface area contributed by atoms with Crippen molar-refractivity contribution in [2.24, 2.45) is 0 Å². The number of aliphatic hydroxyl groups is 1. The van der Waals surface area contributed by atoms with Crippen molar-refractivity contribution in [1.82, 2.24) is 0 Å². The summed E-state index contributed by atoms with van der Waals surface area (Å²) >= 11 is 0. The summed E-state index contributed by atoms with van der Waals surface area (Å²) in [7, 11) is 0. The lowest BCUT2D eigenvalue weighted by molar-refractivity contribution is -0.386. The highest BCUT2D eigenvalue weighted by atomic mass is 19.1. The lowest BCUT2D eigenvalue weighted by Crippen LogP contribution is -2.00. The second-order valence-corrected chi connectivity index (χ2v) is 2.60. The standard InChI is InChI=1S/C8H8FNO3/c1-5-7(9)3-2-6(4-11)8(5)10(12)13/h2-3,11H,4H2,1H3. The molecule has 70 valence electrons. The fraction of sp³-hybridized carbons (Fsp3) is 0.250. The monoisotopic (exact) mass is 185 g/mol. The van der Waals surface area contributed by atoms with Crippen molar-refractivity contribution in [1.29, 1.82) is 0 Å². The number of nitro groups is 1. The van der Waals surface area contributed by atoms with Crippen LogP contribution in [-0.4, -0.2) is 10.0 Å². The molecular formula is C8H8FNO3. The van der Waals surface area contributed by atoms with Crippen molar-refractivity contribution in [3.8, 4) is 0 Å². The van der Waals surface area contributed by atoms with Crippen molar-refractivity contribution in [3.05, 3.63) is 39.2 Å². The van der Waals surface area contributed by atoms with Crippen LogP contribution < -0.4 is 0 Å². The van der Waals surface area contributed by atoms with Crippen LogP contribution in [0.1, 0.15) is 11.1 Å². The summed E-state index contributed by atoms with van der Waals surface area (Å²) in [6.45, 7) is 0.851. The molecule has 1 aromatic rings. The van der Waals surface area contributed by atoms with E-state index in [0.717, 1.165) is 6.07 Å². The third-order valence-corrected chi connectivity index (χ3v) is 1.80. The molecule has 0 unspecified atom stereocenters. The zero-order chi connectivity index (χ0) is 10.0. The smallest absolute Gasteiger partial charge is 0.280 e. The van der Waals surface area contributed by atoms with Crippen LogP contribution in [0.25, 0.3) is 0 Å². The topological polar surface area (TPSA) is 63.4 Å². The number of benzene rings is 1. The average molecular weight is 185 g/mol. The lowest BCUT2D eigenvalue weighted by atomic mass is 10.1. The van der Waals surface area contributed by atoms with Gasteiger partial charge in [-0.25, -0.2) is 4.39 Å². The van der Waals surface area contributed by atoms with Crippen molar-refractivity contribution < 1.29 is 14.4 Å². The molecule has 13 heavy (non-hydrogen) atoms. The highest BCUT2D eigenvalue weighted by molar-refractivity contribution is 5.47. The van der Waals surface area contributed by atoms with Gasteiger partial charge in [0.15, 0.2) is 0 Å². The normalized spacial score (nSPS) is 10.1. The minimum Gasteiger partial charge on any atom is -0.391 e. The minimum atomic E-state index is -0.691. The fourth-order valence-corrected chi connectivity index (χ4v) is 1.11. The van der Waals surface area contributed by atoms with E-state index in [-0.39, 0.29) is 16.8 Å². The number of nitro benzene ring substituents is 1. The second-order valence-electron chi connectivity index (χ2n) is 2.60. The molecule has 1 aromatic carbocycles. The number of hydrogen-bond acceptors (Lipinski definition) is 3. The molecule has 1 N–H and O–H groups in total. The molecule has 0 bridgehead atoms. The van der Waals surface area contributed by atoms with Crippen LogP contribution in [0.4, 0.5) is 10.1 Å². The minimum absolute atomic E-state index is 0.0449. The molecule has 0 atom stereocenters. The van der Waals surface area contributed by atoms with Gasteiger partial charge in [-0.1, -0.05) is 0 Å². The third kappa shape index (κ3) is 1.65. The Bertz CT molecular complexity index is 351. The Labute approximate surface area is 73.8 Å². The Morgan fingerprint density at radius 1 is 1.62 bits per heavy atom. The van der Waals surface area contributed by atoms with Crippen molar-refractivity contribution >= 4 is 5.69 Å². The molecule has 0 aromatic heterocycles. The molecule has 0 radical (unpaired) electrons. The summed E-state index contributed by atoms with van der Waals surface area (Å²) in [4.78, 5) is 9.79. The number of hydrogen-bond donors (Lipinski definition) is 1. The Hall–Kier alpha value is -1.49. The molecule has 0 saturated heterocycles. The van der Waals surface area contributed by atoms with E-state index < -0.39 is 17.3 Å². The zero-order valence-electron chi connectivity index (χ0n) is 6.95. The number of nitrogens with zero attached hydrogens (tertiary/aromatic N) is 1. The molecule has 0 fully saturated rings. The lowest BCUT2D eigenvalue weighted by Gasteiger charge is -2.02. The number of halogens is 1. The highest BCUT2D eigenvalue weighted by Gasteiger charge is 2.19. The molecule has 0 heterocycles. The fourth-order valence-electron chi connectivity index (χ4n) is 1.11. The maximum Gasteiger partial charge on any atom is 0.280 e. The van der Waals surface area contributed by atoms with Gasteiger partial charge in [-0.2, -0.15) is 0 Å². The van der Waals surface area contributed by atoms with Gasteiger partial charge in [0, 0.05) is 0 Å². The molecule has 0 saturated carbocycles. The molecule has 5 heteroatoms. The van der Waals surface area contributed by atoms with E-state index >= 15 is 0 Å². The Kier molecular flexibility index (Phi) is 2.57. The van der Waals surface area contributed by atoms with Crippen LogP contribution in [-0.2, 0) is 6.61 Å². The molecular weight excluding hydrogens is 177 g/mol. The van der Waals surface area contributed by atoms with E-state index in [9.17, 15) is 14.5 Å². The molecule has 0 aliphatic rings. The van der Waals surface area contributed by atoms with E-state index in [1.165, 1.54) is 13.0 Å². The van der Waals surface area contributed by atoms with Gasteiger partial charge in [0.1, 0.15) is 5.82 Å². The summed E-state index contributed by atoms with van der Waals surface area (Å²) in [6.07, 6.45) is 0. The molecule has 0 aliphatic heterocycles. The molecule has 0 aliphatic carbocycles. The van der Waals surface area contributed by atoms with Crippen molar-refractivity contribution in [2.45, 2.75) is 13.5 Å². The van der Waals surface area contributed by atoms with Crippen LogP contribution in [0.3, 0.4) is 0 Å². The van der Waals surface area contributed by atoms with E-state index in [1.54, 1.807) is 0 Å². The second kappa shape index (κ2) is 3.49. The van der Waals surface area contributed by atoms with Crippen molar-refractivity contribution in [2.75, 3.05) is 0 Å². The van der Waals surface area contributed by atoms with Gasteiger partial charge >= 0.3 is 0 Å². The van der Waals surface area contributed by atoms with E-state index in [2.05, 4.69) is 0 Å². The summed E-state index contributed by atoms with van der Waals surface area (Å²) < 4.78 is 12.9. The summed E-state index contributed by atoms with van der Waals surface area (Å²) in [6, 6.07) is 2.31. The van der Waals surface area contributed by atoms with E-state index in [1.807, 2.05) is 0 Å². The number of rotatable bonds is 2. The Morgan fingerprint density at radius 3 is 2.69 bits per heavy atom. The van der Waals surface area contributed by atoms with Gasteiger partial charge in [-0.15, -0.1) is 0 Å². The molecule has 0 spiro atoms. The summed E-state index contributed by atoms with van der Waals surface area (Å²) in [5.74, 6) is -0.635. The average Bonchev–Trinajstić information content (AvgIpc) is 2.08. The van der Waals surface area contributed by atoms with Gasteiger partial charge in [-0.05, 0) is 19.1 Å². The first-order chi connectivity index (χ1) is 6.07. The number of aliphatic hydroxyl groups excluding tert-OH is 1. The SMILES string of the molecule is Cc1c(F)ccc(CO)c1[N+](=O)[O-]. The molecule has 1 rings (SSSR count). The molecule has 4 nitrogen and oxygen atoms in total. The largest absolute Gasteiger partial charge is 0.391 e. The predicted octanol–water partition coefficient (Wildman–Crippen LogP) is 1.53. The van der Waals surface area contributed by atoms with Crippen LogP contribution >= 0.6 is 0 Å². The zero-order valence-corrected chi connectivity index (χ0v) is 6.95. The highest BCUT2D eigenvalue weighted by Crippen LogP contribution is 2.25. The van der Waals surface area contributed by atoms with Gasteiger partial charge in [0.25, 0.3) is 5.69 Å². The summed E-state index contributed by atoms with van der Waals surface area (Å²) in [5.41, 5.74) is -0.261. The van der Waals surface area contributed by atoms with Crippen LogP contribution in [0.2, 0.25) is 0 Å². The maximum atomic E-state index is 12.9. The first-order valence-corrected chi connectivity index (χ1v) is 3.61. The van der Waals surface area contributed by atoms with Crippen LogP contribution in [0, 0.1) is 22.9 Å². The van der Waals surface area contributed by atoms with Crippen LogP contribution in [0.5, 0.6) is 0 Å². The first kappa shape index (κ1) is 9.60. The predicted molar refractivity (Wildman–Crippen MR) is 43.7 cm³/mol. The molecule has 0 amide bonds. The third-order valence-electron chi connectivity index (χ3n) is 1.80. The van der Waals surface area contributed by atoms with Gasteiger partial charge in [0.05, 0.1) is 22.7 Å². The Balaban J connectivity index is 3.41. The van der Waals surface area contributed by atoms with Crippen molar-refractivity contribution in [3.63, 3.8) is 0 Å².